The van der Waals surface area contributed by atoms with Gasteiger partial charge in [0, 0.05) is 17.8 Å². The van der Waals surface area contributed by atoms with Gasteiger partial charge < -0.3 is 15.0 Å². The summed E-state index contributed by atoms with van der Waals surface area (Å²) < 4.78 is 5.60. The van der Waals surface area contributed by atoms with E-state index in [0.29, 0.717) is 18.7 Å². The average molecular weight is 352 g/mol. The minimum absolute atomic E-state index is 0.0259. The highest BCUT2D eigenvalue weighted by molar-refractivity contribution is 5.95. The molecule has 1 N–H and O–H groups in total. The lowest BCUT2D eigenvalue weighted by atomic mass is 10.1. The Morgan fingerprint density at radius 3 is 2.38 bits per heavy atom. The van der Waals surface area contributed by atoms with Crippen molar-refractivity contribution in [3.05, 3.63) is 64.7 Å². The predicted octanol–water partition coefficient (Wildman–Crippen LogP) is 2.77. The summed E-state index contributed by atoms with van der Waals surface area (Å²) in [6, 6.07) is 13.5. The van der Waals surface area contributed by atoms with E-state index in [0.717, 1.165) is 22.4 Å². The molecule has 0 spiro atoms. The van der Waals surface area contributed by atoms with Crippen molar-refractivity contribution in [2.24, 2.45) is 0 Å². The monoisotopic (exact) mass is 352 g/mol. The summed E-state index contributed by atoms with van der Waals surface area (Å²) in [6.07, 6.45) is -0.233. The molecule has 1 saturated heterocycles. The molecular formula is C21H24N2O3. The highest BCUT2D eigenvalue weighted by Gasteiger charge is 2.28. The van der Waals surface area contributed by atoms with Gasteiger partial charge in [0.05, 0.1) is 12.6 Å². The van der Waals surface area contributed by atoms with Crippen LogP contribution in [0.1, 0.15) is 27.0 Å². The fourth-order valence-electron chi connectivity index (χ4n) is 3.12. The molecule has 26 heavy (non-hydrogen) atoms. The molecule has 1 fully saturated rings. The molecule has 0 radical (unpaired) electrons. The first-order chi connectivity index (χ1) is 12.4. The van der Waals surface area contributed by atoms with Gasteiger partial charge in [0.25, 0.3) is 11.8 Å². The van der Waals surface area contributed by atoms with E-state index in [1.54, 1.807) is 17.0 Å². The number of amides is 2. The third kappa shape index (κ3) is 4.29. The van der Waals surface area contributed by atoms with E-state index in [1.807, 2.05) is 45.0 Å². The lowest BCUT2D eigenvalue weighted by molar-refractivity contribution is -0.129. The summed E-state index contributed by atoms with van der Waals surface area (Å²) >= 11 is 0. The Labute approximate surface area is 154 Å². The highest BCUT2D eigenvalue weighted by atomic mass is 16.5. The minimum atomic E-state index is -0.233. The van der Waals surface area contributed by atoms with E-state index in [9.17, 15) is 9.59 Å². The normalized spacial score (nSPS) is 17.3. The molecule has 2 amide bonds. The van der Waals surface area contributed by atoms with E-state index < -0.39 is 0 Å². The van der Waals surface area contributed by atoms with Gasteiger partial charge in [0.1, 0.15) is 6.61 Å². The number of anilines is 1. The molecule has 3 rings (SSSR count). The van der Waals surface area contributed by atoms with Gasteiger partial charge in [-0.15, -0.1) is 0 Å². The van der Waals surface area contributed by atoms with Crippen molar-refractivity contribution < 1.29 is 14.3 Å². The number of rotatable bonds is 4. The topological polar surface area (TPSA) is 58.6 Å². The molecule has 0 aromatic heterocycles. The molecule has 2 aromatic carbocycles. The van der Waals surface area contributed by atoms with Crippen LogP contribution in [-0.4, -0.2) is 37.6 Å². The molecule has 1 atom stereocenters. The fraction of sp³-hybridized carbons (Fsp3) is 0.333. The number of hydrogen-bond acceptors (Lipinski definition) is 3. The Hall–Kier alpha value is -2.66. The molecule has 1 heterocycles. The van der Waals surface area contributed by atoms with Gasteiger partial charge in [-0.1, -0.05) is 23.8 Å². The van der Waals surface area contributed by atoms with Gasteiger partial charge in [0.15, 0.2) is 0 Å². The van der Waals surface area contributed by atoms with Crippen LogP contribution in [0, 0.1) is 20.8 Å². The summed E-state index contributed by atoms with van der Waals surface area (Å²) in [5.74, 6) is -0.195. The van der Waals surface area contributed by atoms with Crippen molar-refractivity contribution in [3.63, 3.8) is 0 Å². The van der Waals surface area contributed by atoms with Crippen molar-refractivity contribution in [3.8, 4) is 0 Å². The van der Waals surface area contributed by atoms with Crippen LogP contribution in [0.4, 0.5) is 5.69 Å². The second kappa shape index (κ2) is 7.70. The van der Waals surface area contributed by atoms with Gasteiger partial charge in [-0.3, -0.25) is 9.59 Å². The molecule has 5 nitrogen and oxygen atoms in total. The summed E-state index contributed by atoms with van der Waals surface area (Å²) in [4.78, 5) is 26.3. The Morgan fingerprint density at radius 2 is 1.73 bits per heavy atom. The minimum Gasteiger partial charge on any atom is -0.365 e. The standard InChI is InChI=1S/C21H24N2O3/c1-14-4-6-17(7-5-14)21(25)22-11-19-12-23(20(24)13-26-19)18-9-15(2)8-16(3)10-18/h4-10,19H,11-13H2,1-3H3,(H,22,25). The highest BCUT2D eigenvalue weighted by Crippen LogP contribution is 2.22. The van der Waals surface area contributed by atoms with E-state index in [1.165, 1.54) is 0 Å². The smallest absolute Gasteiger partial charge is 0.253 e. The third-order valence-electron chi connectivity index (χ3n) is 4.45. The van der Waals surface area contributed by atoms with Crippen LogP contribution < -0.4 is 10.2 Å². The van der Waals surface area contributed by atoms with Crippen LogP contribution in [0.5, 0.6) is 0 Å². The lowest BCUT2D eigenvalue weighted by Crippen LogP contribution is -2.50. The zero-order valence-electron chi connectivity index (χ0n) is 15.4. The van der Waals surface area contributed by atoms with Crippen LogP contribution in [0.25, 0.3) is 0 Å². The van der Waals surface area contributed by atoms with Gasteiger partial charge in [0.2, 0.25) is 0 Å². The predicted molar refractivity (Wildman–Crippen MR) is 102 cm³/mol. The number of carbonyl (C=O) groups excluding carboxylic acids is 2. The maximum absolute atomic E-state index is 12.3. The second-order valence-electron chi connectivity index (χ2n) is 6.86. The maximum atomic E-state index is 12.3. The Bertz CT molecular complexity index is 794. The molecule has 1 unspecified atom stereocenters. The number of nitrogens with one attached hydrogen (secondary N) is 1. The van der Waals surface area contributed by atoms with Gasteiger partial charge in [-0.05, 0) is 56.2 Å². The molecule has 2 aromatic rings. The zero-order chi connectivity index (χ0) is 18.7. The van der Waals surface area contributed by atoms with E-state index in [2.05, 4.69) is 11.4 Å². The summed E-state index contributed by atoms with van der Waals surface area (Å²) in [5.41, 5.74) is 4.84. The van der Waals surface area contributed by atoms with E-state index >= 15 is 0 Å². The number of ether oxygens (including phenoxy) is 1. The average Bonchev–Trinajstić information content (AvgIpc) is 2.60. The van der Waals surface area contributed by atoms with Crippen molar-refractivity contribution in [2.45, 2.75) is 26.9 Å². The Morgan fingerprint density at radius 1 is 1.08 bits per heavy atom. The molecular weight excluding hydrogens is 328 g/mol. The number of carbonyl (C=O) groups is 2. The quantitative estimate of drug-likeness (QED) is 0.920. The second-order valence-corrected chi connectivity index (χ2v) is 6.86. The fourth-order valence-corrected chi connectivity index (χ4v) is 3.12. The molecule has 1 aliphatic heterocycles. The van der Waals surface area contributed by atoms with Crippen LogP contribution in [-0.2, 0) is 9.53 Å². The van der Waals surface area contributed by atoms with Crippen LogP contribution >= 0.6 is 0 Å². The lowest BCUT2D eigenvalue weighted by Gasteiger charge is -2.33. The van der Waals surface area contributed by atoms with Crippen LogP contribution in [0.3, 0.4) is 0 Å². The number of nitrogens with zero attached hydrogens (tertiary/aromatic N) is 1. The number of hydrogen-bond donors (Lipinski definition) is 1. The van der Waals surface area contributed by atoms with Crippen LogP contribution in [0.15, 0.2) is 42.5 Å². The van der Waals surface area contributed by atoms with Gasteiger partial charge >= 0.3 is 0 Å². The molecule has 0 bridgehead atoms. The first kappa shape index (κ1) is 18.1. The van der Waals surface area contributed by atoms with Gasteiger partial charge in [-0.25, -0.2) is 0 Å². The van der Waals surface area contributed by atoms with E-state index in [-0.39, 0.29) is 24.5 Å². The molecule has 1 aliphatic rings. The SMILES string of the molecule is Cc1ccc(C(=O)NCC2CN(c3cc(C)cc(C)c3)C(=O)CO2)cc1. The maximum Gasteiger partial charge on any atom is 0.253 e. The molecule has 0 aliphatic carbocycles. The summed E-state index contributed by atoms with van der Waals surface area (Å²) in [5, 5.41) is 2.90. The van der Waals surface area contributed by atoms with Crippen molar-refractivity contribution in [1.29, 1.82) is 0 Å². The Balaban J connectivity index is 1.63. The zero-order valence-corrected chi connectivity index (χ0v) is 15.4. The largest absolute Gasteiger partial charge is 0.365 e. The molecule has 0 saturated carbocycles. The summed E-state index contributed by atoms with van der Waals surface area (Å²) in [6.45, 7) is 6.83. The molecule has 136 valence electrons. The first-order valence-corrected chi connectivity index (χ1v) is 8.77. The van der Waals surface area contributed by atoms with E-state index in [4.69, 9.17) is 4.74 Å². The third-order valence-corrected chi connectivity index (χ3v) is 4.45. The summed E-state index contributed by atoms with van der Waals surface area (Å²) in [7, 11) is 0. The van der Waals surface area contributed by atoms with Crippen molar-refractivity contribution in [2.75, 3.05) is 24.6 Å². The number of aryl methyl sites for hydroxylation is 3. The first-order valence-electron chi connectivity index (χ1n) is 8.77. The van der Waals surface area contributed by atoms with Crippen molar-refractivity contribution in [1.82, 2.24) is 5.32 Å². The van der Waals surface area contributed by atoms with Crippen LogP contribution in [0.2, 0.25) is 0 Å². The molecule has 5 heteroatoms. The number of benzene rings is 2. The number of morpholine rings is 1. The Kier molecular flexibility index (Phi) is 5.38. The van der Waals surface area contributed by atoms with Gasteiger partial charge in [-0.2, -0.15) is 0 Å². The van der Waals surface area contributed by atoms with Crippen molar-refractivity contribution >= 4 is 17.5 Å².